The Kier molecular flexibility index (Phi) is 18.4. The minimum absolute atomic E-state index is 0.299. The molecule has 0 aliphatic rings. The van der Waals surface area contributed by atoms with Crippen molar-refractivity contribution < 1.29 is 9.90 Å². The number of nitrogens with zero attached hydrogens (tertiary/aromatic N) is 1. The van der Waals surface area contributed by atoms with Crippen LogP contribution < -0.4 is 0 Å². The van der Waals surface area contributed by atoms with Crippen molar-refractivity contribution in [2.75, 3.05) is 19.6 Å². The predicted octanol–water partition coefficient (Wildman–Crippen LogP) is 5.12. The largest absolute Gasteiger partial charge is 0.478 e. The van der Waals surface area contributed by atoms with Gasteiger partial charge in [0.25, 0.3) is 0 Å². The van der Waals surface area contributed by atoms with Gasteiger partial charge in [0.2, 0.25) is 0 Å². The molecule has 0 rings (SSSR count). The number of carbonyl (C=O) groups is 1. The Morgan fingerprint density at radius 1 is 0.857 bits per heavy atom. The fraction of sp³-hybridized carbons (Fsp3) is 0.833. The van der Waals surface area contributed by atoms with Gasteiger partial charge in [0.05, 0.1) is 0 Å². The molecule has 0 amide bonds. The van der Waals surface area contributed by atoms with E-state index in [1.165, 1.54) is 58.2 Å². The van der Waals surface area contributed by atoms with Gasteiger partial charge in [-0.1, -0.05) is 60.0 Å². The van der Waals surface area contributed by atoms with Crippen LogP contribution in [0.25, 0.3) is 0 Å². The molecule has 0 saturated carbocycles. The summed E-state index contributed by atoms with van der Waals surface area (Å²) in [6.07, 6.45) is 9.53. The second-order valence-electron chi connectivity index (χ2n) is 5.56. The summed E-state index contributed by atoms with van der Waals surface area (Å²) in [6, 6.07) is 0. The summed E-state index contributed by atoms with van der Waals surface area (Å²) < 4.78 is 0. The maximum Gasteiger partial charge on any atom is 0.330 e. The molecule has 0 fully saturated rings. The van der Waals surface area contributed by atoms with E-state index in [1.807, 2.05) is 6.92 Å². The molecular formula is C18H37NO2. The first-order valence-corrected chi connectivity index (χ1v) is 8.66. The van der Waals surface area contributed by atoms with Crippen molar-refractivity contribution in [3.63, 3.8) is 0 Å². The molecule has 3 nitrogen and oxygen atoms in total. The van der Waals surface area contributed by atoms with Crippen LogP contribution in [0.5, 0.6) is 0 Å². The molecule has 0 aliphatic heterocycles. The van der Waals surface area contributed by atoms with Gasteiger partial charge in [0, 0.05) is 5.57 Å². The Hall–Kier alpha value is -0.830. The average Bonchev–Trinajstić information content (AvgIpc) is 2.47. The second kappa shape index (κ2) is 17.2. The van der Waals surface area contributed by atoms with Gasteiger partial charge < -0.3 is 10.0 Å². The zero-order chi connectivity index (χ0) is 16.5. The molecule has 0 aliphatic carbocycles. The number of carboxylic acids is 1. The normalized spacial score (nSPS) is 10.1. The highest BCUT2D eigenvalue weighted by Crippen LogP contribution is 2.01. The fourth-order valence-electron chi connectivity index (χ4n) is 1.89. The smallest absolute Gasteiger partial charge is 0.330 e. The number of carboxylic acid groups (broad SMARTS) is 1. The van der Waals surface area contributed by atoms with Crippen molar-refractivity contribution in [1.29, 1.82) is 0 Å². The SMILES string of the molecule is C=C(CCC)C(=O)O.CCCCN(CCCC)CCCC. The first-order valence-electron chi connectivity index (χ1n) is 8.66. The van der Waals surface area contributed by atoms with E-state index in [1.54, 1.807) is 0 Å². The van der Waals surface area contributed by atoms with E-state index in [-0.39, 0.29) is 0 Å². The maximum atomic E-state index is 9.99. The van der Waals surface area contributed by atoms with Crippen molar-refractivity contribution in [2.24, 2.45) is 0 Å². The molecule has 0 radical (unpaired) electrons. The Bertz CT molecular complexity index is 233. The number of hydrogen-bond acceptors (Lipinski definition) is 2. The Balaban J connectivity index is 0. The van der Waals surface area contributed by atoms with Gasteiger partial charge in [-0.05, 0) is 45.3 Å². The molecule has 0 aromatic carbocycles. The van der Waals surface area contributed by atoms with Gasteiger partial charge in [-0.15, -0.1) is 0 Å². The Morgan fingerprint density at radius 3 is 1.43 bits per heavy atom. The zero-order valence-electron chi connectivity index (χ0n) is 14.8. The van der Waals surface area contributed by atoms with Crippen LogP contribution in [-0.4, -0.2) is 35.6 Å². The molecule has 0 aromatic rings. The summed E-state index contributed by atoms with van der Waals surface area (Å²) >= 11 is 0. The maximum absolute atomic E-state index is 9.99. The summed E-state index contributed by atoms with van der Waals surface area (Å²) in [4.78, 5) is 12.6. The van der Waals surface area contributed by atoms with Crippen molar-refractivity contribution in [3.8, 4) is 0 Å². The highest BCUT2D eigenvalue weighted by molar-refractivity contribution is 5.85. The number of rotatable bonds is 12. The van der Waals surface area contributed by atoms with Crippen LogP contribution in [-0.2, 0) is 4.79 Å². The number of aliphatic carboxylic acids is 1. The monoisotopic (exact) mass is 299 g/mol. The van der Waals surface area contributed by atoms with E-state index in [4.69, 9.17) is 5.11 Å². The molecule has 1 N–H and O–H groups in total. The van der Waals surface area contributed by atoms with E-state index in [0.29, 0.717) is 12.0 Å². The average molecular weight is 299 g/mol. The lowest BCUT2D eigenvalue weighted by Gasteiger charge is -2.21. The van der Waals surface area contributed by atoms with Gasteiger partial charge in [0.1, 0.15) is 0 Å². The van der Waals surface area contributed by atoms with Crippen LogP contribution in [0.2, 0.25) is 0 Å². The van der Waals surface area contributed by atoms with Crippen LogP contribution in [0, 0.1) is 0 Å². The highest BCUT2D eigenvalue weighted by atomic mass is 16.4. The summed E-state index contributed by atoms with van der Waals surface area (Å²) in [7, 11) is 0. The Morgan fingerprint density at radius 2 is 1.24 bits per heavy atom. The third kappa shape index (κ3) is 17.1. The van der Waals surface area contributed by atoms with Gasteiger partial charge in [-0.25, -0.2) is 4.79 Å². The fourth-order valence-corrected chi connectivity index (χ4v) is 1.89. The lowest BCUT2D eigenvalue weighted by Crippen LogP contribution is -2.27. The quantitative estimate of drug-likeness (QED) is 0.509. The topological polar surface area (TPSA) is 40.5 Å². The summed E-state index contributed by atoms with van der Waals surface area (Å²) in [5.41, 5.74) is 0.299. The molecule has 0 bridgehead atoms. The highest BCUT2D eigenvalue weighted by Gasteiger charge is 2.02. The van der Waals surface area contributed by atoms with Crippen LogP contribution in [0.4, 0.5) is 0 Å². The number of unbranched alkanes of at least 4 members (excludes halogenated alkanes) is 3. The van der Waals surface area contributed by atoms with Crippen molar-refractivity contribution in [2.45, 2.75) is 79.1 Å². The number of hydrogen-bond donors (Lipinski definition) is 1. The van der Waals surface area contributed by atoms with E-state index >= 15 is 0 Å². The van der Waals surface area contributed by atoms with E-state index in [2.05, 4.69) is 32.3 Å². The van der Waals surface area contributed by atoms with Gasteiger partial charge in [0.15, 0.2) is 0 Å². The first-order chi connectivity index (χ1) is 10.0. The van der Waals surface area contributed by atoms with Crippen LogP contribution in [0.3, 0.4) is 0 Å². The molecule has 126 valence electrons. The van der Waals surface area contributed by atoms with Crippen molar-refractivity contribution in [1.82, 2.24) is 4.90 Å². The predicted molar refractivity (Wildman–Crippen MR) is 92.8 cm³/mol. The summed E-state index contributed by atoms with van der Waals surface area (Å²) in [5, 5.41) is 8.21. The van der Waals surface area contributed by atoms with Crippen molar-refractivity contribution in [3.05, 3.63) is 12.2 Å². The lowest BCUT2D eigenvalue weighted by molar-refractivity contribution is -0.132. The Labute approximate surface area is 132 Å². The third-order valence-corrected chi connectivity index (χ3v) is 3.34. The third-order valence-electron chi connectivity index (χ3n) is 3.34. The van der Waals surface area contributed by atoms with Crippen molar-refractivity contribution >= 4 is 5.97 Å². The summed E-state index contributed by atoms with van der Waals surface area (Å²) in [5.74, 6) is -0.883. The van der Waals surface area contributed by atoms with Crippen LogP contribution in [0.15, 0.2) is 12.2 Å². The molecule has 0 spiro atoms. The second-order valence-corrected chi connectivity index (χ2v) is 5.56. The van der Waals surface area contributed by atoms with Crippen LogP contribution in [0.1, 0.15) is 79.1 Å². The zero-order valence-corrected chi connectivity index (χ0v) is 14.8. The molecule has 21 heavy (non-hydrogen) atoms. The van der Waals surface area contributed by atoms with E-state index < -0.39 is 5.97 Å². The minimum atomic E-state index is -0.883. The lowest BCUT2D eigenvalue weighted by atomic mass is 10.2. The van der Waals surface area contributed by atoms with E-state index in [0.717, 1.165) is 6.42 Å². The summed E-state index contributed by atoms with van der Waals surface area (Å²) in [6.45, 7) is 16.0. The molecular weight excluding hydrogens is 262 g/mol. The van der Waals surface area contributed by atoms with Gasteiger partial charge in [-0.2, -0.15) is 0 Å². The molecule has 3 heteroatoms. The standard InChI is InChI=1S/C12H27N.C6H10O2/c1-4-7-10-13(11-8-5-2)12-9-6-3;1-3-4-5(2)6(7)8/h4-12H2,1-3H3;2-4H2,1H3,(H,7,8). The van der Waals surface area contributed by atoms with Gasteiger partial charge >= 0.3 is 5.97 Å². The van der Waals surface area contributed by atoms with Crippen LogP contribution >= 0.6 is 0 Å². The molecule has 0 saturated heterocycles. The molecule has 0 heterocycles. The molecule has 0 unspecified atom stereocenters. The minimum Gasteiger partial charge on any atom is -0.478 e. The molecule has 0 atom stereocenters. The molecule has 0 aromatic heterocycles. The van der Waals surface area contributed by atoms with E-state index in [9.17, 15) is 4.79 Å². The first kappa shape index (κ1) is 22.5. The van der Waals surface area contributed by atoms with Gasteiger partial charge in [-0.3, -0.25) is 0 Å².